The fourth-order valence-corrected chi connectivity index (χ4v) is 3.46. The van der Waals surface area contributed by atoms with E-state index in [0.717, 1.165) is 12.8 Å². The molecule has 0 aromatic rings. The van der Waals surface area contributed by atoms with E-state index in [4.69, 9.17) is 0 Å². The third-order valence-electron chi connectivity index (χ3n) is 3.81. The van der Waals surface area contributed by atoms with Crippen LogP contribution in [0.3, 0.4) is 0 Å². The summed E-state index contributed by atoms with van der Waals surface area (Å²) >= 11 is 1.58. The number of hydrogen-bond donors (Lipinski definition) is 1. The number of urea groups is 1. The van der Waals surface area contributed by atoms with Gasteiger partial charge in [0.05, 0.1) is 0 Å². The average molecular weight is 270 g/mol. The quantitative estimate of drug-likeness (QED) is 0.787. The third-order valence-corrected chi connectivity index (χ3v) is 4.62. The van der Waals surface area contributed by atoms with E-state index in [-0.39, 0.29) is 11.9 Å². The van der Waals surface area contributed by atoms with Crippen LogP contribution in [-0.4, -0.2) is 40.8 Å². The van der Waals surface area contributed by atoms with Gasteiger partial charge >= 0.3 is 6.03 Å². The van der Waals surface area contributed by atoms with Crippen molar-refractivity contribution in [2.24, 2.45) is 5.41 Å². The SMILES string of the molecule is CSCC(C)N1C(=O)NC(=O)C2(CCCC2)C1=O. The highest BCUT2D eigenvalue weighted by atomic mass is 32.2. The Morgan fingerprint density at radius 3 is 2.50 bits per heavy atom. The Kier molecular flexibility index (Phi) is 3.66. The monoisotopic (exact) mass is 270 g/mol. The molecule has 1 spiro atoms. The number of barbiturate groups is 1. The van der Waals surface area contributed by atoms with Crippen molar-refractivity contribution in [3.63, 3.8) is 0 Å². The number of imide groups is 2. The number of nitrogens with zero attached hydrogens (tertiary/aromatic N) is 1. The molecular weight excluding hydrogens is 252 g/mol. The van der Waals surface area contributed by atoms with Crippen LogP contribution in [0, 0.1) is 5.41 Å². The second-order valence-corrected chi connectivity index (χ2v) is 5.94. The number of rotatable bonds is 3. The van der Waals surface area contributed by atoms with Crippen LogP contribution in [0.4, 0.5) is 4.79 Å². The van der Waals surface area contributed by atoms with Gasteiger partial charge in [-0.2, -0.15) is 11.8 Å². The van der Waals surface area contributed by atoms with Crippen LogP contribution < -0.4 is 5.32 Å². The lowest BCUT2D eigenvalue weighted by Gasteiger charge is -2.39. The maximum absolute atomic E-state index is 12.5. The van der Waals surface area contributed by atoms with Crippen molar-refractivity contribution in [1.82, 2.24) is 10.2 Å². The molecule has 0 bridgehead atoms. The first-order valence-corrected chi connectivity index (χ1v) is 7.60. The van der Waals surface area contributed by atoms with Crippen molar-refractivity contribution >= 4 is 29.6 Å². The lowest BCUT2D eigenvalue weighted by molar-refractivity contribution is -0.152. The third kappa shape index (κ3) is 1.92. The van der Waals surface area contributed by atoms with Crippen molar-refractivity contribution in [3.05, 3.63) is 0 Å². The van der Waals surface area contributed by atoms with Crippen molar-refractivity contribution in [2.75, 3.05) is 12.0 Å². The lowest BCUT2D eigenvalue weighted by atomic mass is 9.82. The van der Waals surface area contributed by atoms with Gasteiger partial charge in [-0.3, -0.25) is 19.8 Å². The van der Waals surface area contributed by atoms with Crippen LogP contribution in [-0.2, 0) is 9.59 Å². The molecular formula is C12H18N2O3S. The molecule has 1 aliphatic heterocycles. The Balaban J connectivity index is 2.28. The highest BCUT2D eigenvalue weighted by molar-refractivity contribution is 7.98. The predicted molar refractivity (Wildman–Crippen MR) is 69.1 cm³/mol. The zero-order valence-electron chi connectivity index (χ0n) is 10.7. The minimum absolute atomic E-state index is 0.182. The first kappa shape index (κ1) is 13.4. The van der Waals surface area contributed by atoms with Crippen LogP contribution in [0.1, 0.15) is 32.6 Å². The summed E-state index contributed by atoms with van der Waals surface area (Å²) in [4.78, 5) is 37.6. The van der Waals surface area contributed by atoms with Crippen LogP contribution in [0.25, 0.3) is 0 Å². The summed E-state index contributed by atoms with van der Waals surface area (Å²) < 4.78 is 0. The summed E-state index contributed by atoms with van der Waals surface area (Å²) in [5.74, 6) is -0.0124. The molecule has 1 aliphatic carbocycles. The van der Waals surface area contributed by atoms with Crippen molar-refractivity contribution in [3.8, 4) is 0 Å². The summed E-state index contributed by atoms with van der Waals surface area (Å²) in [7, 11) is 0. The maximum atomic E-state index is 12.5. The molecule has 2 aliphatic rings. The normalized spacial score (nSPS) is 24.6. The van der Waals surface area contributed by atoms with Gasteiger partial charge in [0.2, 0.25) is 11.8 Å². The summed E-state index contributed by atoms with van der Waals surface area (Å²) in [6.07, 6.45) is 4.80. The topological polar surface area (TPSA) is 66.5 Å². The van der Waals surface area contributed by atoms with E-state index in [1.54, 1.807) is 11.8 Å². The first-order valence-electron chi connectivity index (χ1n) is 6.21. The number of carbonyl (C=O) groups is 3. The molecule has 0 aromatic heterocycles. The minimum atomic E-state index is -0.972. The molecule has 4 amide bonds. The van der Waals surface area contributed by atoms with Crippen LogP contribution in [0.15, 0.2) is 0 Å². The molecule has 1 N–H and O–H groups in total. The fourth-order valence-electron chi connectivity index (χ4n) is 2.83. The highest BCUT2D eigenvalue weighted by Gasteiger charge is 2.55. The molecule has 100 valence electrons. The predicted octanol–water partition coefficient (Wildman–Crippen LogP) is 1.38. The van der Waals surface area contributed by atoms with Crippen molar-refractivity contribution in [2.45, 2.75) is 38.6 Å². The van der Waals surface area contributed by atoms with E-state index in [2.05, 4.69) is 5.32 Å². The van der Waals surface area contributed by atoms with Gasteiger partial charge in [-0.25, -0.2) is 4.79 Å². The molecule has 1 heterocycles. The molecule has 1 saturated heterocycles. The van der Waals surface area contributed by atoms with Crippen molar-refractivity contribution < 1.29 is 14.4 Å². The lowest BCUT2D eigenvalue weighted by Crippen LogP contribution is -2.65. The van der Waals surface area contributed by atoms with Gasteiger partial charge in [-0.1, -0.05) is 12.8 Å². The number of amides is 4. The molecule has 0 aromatic carbocycles. The summed E-state index contributed by atoms with van der Waals surface area (Å²) in [5, 5.41) is 2.35. The molecule has 2 fully saturated rings. The van der Waals surface area contributed by atoms with Gasteiger partial charge in [-0.15, -0.1) is 0 Å². The molecule has 1 atom stereocenters. The summed E-state index contributed by atoms with van der Waals surface area (Å²) in [6, 6.07) is -0.748. The Hall–Kier alpha value is -1.04. The Morgan fingerprint density at radius 2 is 1.94 bits per heavy atom. The largest absolute Gasteiger partial charge is 0.331 e. The average Bonchev–Trinajstić information content (AvgIpc) is 2.77. The smallest absolute Gasteiger partial charge is 0.277 e. The molecule has 6 heteroatoms. The van der Waals surface area contributed by atoms with Gasteiger partial charge in [0, 0.05) is 11.8 Å². The molecule has 1 unspecified atom stereocenters. The molecule has 18 heavy (non-hydrogen) atoms. The minimum Gasteiger partial charge on any atom is -0.277 e. The number of carbonyl (C=O) groups excluding carboxylic acids is 3. The maximum Gasteiger partial charge on any atom is 0.331 e. The number of nitrogens with one attached hydrogen (secondary N) is 1. The fraction of sp³-hybridized carbons (Fsp3) is 0.750. The Labute approximate surface area is 111 Å². The zero-order chi connectivity index (χ0) is 13.3. The van der Waals surface area contributed by atoms with Gasteiger partial charge in [0.1, 0.15) is 5.41 Å². The van der Waals surface area contributed by atoms with Crippen molar-refractivity contribution in [1.29, 1.82) is 0 Å². The van der Waals surface area contributed by atoms with E-state index in [1.807, 2.05) is 13.2 Å². The summed E-state index contributed by atoms with van der Waals surface area (Å²) in [6.45, 7) is 1.84. The van der Waals surface area contributed by atoms with Gasteiger partial charge in [0.15, 0.2) is 0 Å². The number of hydrogen-bond acceptors (Lipinski definition) is 4. The zero-order valence-corrected chi connectivity index (χ0v) is 11.5. The van der Waals surface area contributed by atoms with Crippen LogP contribution in [0.2, 0.25) is 0 Å². The van der Waals surface area contributed by atoms with E-state index in [1.165, 1.54) is 4.90 Å². The summed E-state index contributed by atoms with van der Waals surface area (Å²) in [5.41, 5.74) is -0.972. The van der Waals surface area contributed by atoms with E-state index in [0.29, 0.717) is 18.6 Å². The van der Waals surface area contributed by atoms with E-state index >= 15 is 0 Å². The van der Waals surface area contributed by atoms with E-state index in [9.17, 15) is 14.4 Å². The van der Waals surface area contributed by atoms with Gasteiger partial charge in [-0.05, 0) is 26.0 Å². The second kappa shape index (κ2) is 4.91. The molecule has 0 radical (unpaired) electrons. The highest BCUT2D eigenvalue weighted by Crippen LogP contribution is 2.42. The molecule has 2 rings (SSSR count). The standard InChI is InChI=1S/C12H18N2O3S/c1-8(7-18-2)14-10(16)12(5-3-4-6-12)9(15)13-11(14)17/h8H,3-7H2,1-2H3,(H,13,15,17). The Bertz CT molecular complexity index is 391. The molecule has 1 saturated carbocycles. The number of thioether (sulfide) groups is 1. The van der Waals surface area contributed by atoms with Crippen LogP contribution in [0.5, 0.6) is 0 Å². The molecule has 5 nitrogen and oxygen atoms in total. The van der Waals surface area contributed by atoms with Gasteiger partial charge in [0.25, 0.3) is 0 Å². The second-order valence-electron chi connectivity index (χ2n) is 5.03. The Morgan fingerprint density at radius 1 is 1.33 bits per heavy atom. The van der Waals surface area contributed by atoms with Gasteiger partial charge < -0.3 is 0 Å². The van der Waals surface area contributed by atoms with Crippen LogP contribution >= 0.6 is 11.8 Å². The van der Waals surface area contributed by atoms with E-state index < -0.39 is 17.4 Å². The first-order chi connectivity index (χ1) is 8.53.